The van der Waals surface area contributed by atoms with Gasteiger partial charge in [0.15, 0.2) is 17.8 Å². The monoisotopic (exact) mass is 927 g/mol. The van der Waals surface area contributed by atoms with Gasteiger partial charge in [0, 0.05) is 54.3 Å². The molecule has 0 saturated carbocycles. The van der Waals surface area contributed by atoms with Crippen LogP contribution in [0.1, 0.15) is 136 Å². The molecule has 8 rings (SSSR count). The third kappa shape index (κ3) is 12.5. The minimum atomic E-state index is -1.84. The fourth-order valence-corrected chi connectivity index (χ4v) is 10.1. The van der Waals surface area contributed by atoms with Crippen molar-refractivity contribution in [1.29, 1.82) is 0 Å². The van der Waals surface area contributed by atoms with Gasteiger partial charge >= 0.3 is 0 Å². The normalized spacial score (nSPS) is 21.2. The first-order chi connectivity index (χ1) is 32.8. The average molecular weight is 928 g/mol. The van der Waals surface area contributed by atoms with Crippen molar-refractivity contribution in [2.75, 3.05) is 25.6 Å². The van der Waals surface area contributed by atoms with Crippen LogP contribution in [-0.4, -0.2) is 68.9 Å². The Labute approximate surface area is 401 Å². The highest BCUT2D eigenvalue weighted by Crippen LogP contribution is 2.47. The number of allylic oxidation sites excluding steroid dienone is 4. The molecule has 0 radical (unpaired) electrons. The Morgan fingerprint density at radius 2 is 1.82 bits per heavy atom. The van der Waals surface area contributed by atoms with E-state index in [2.05, 4.69) is 43.3 Å². The number of carbonyl (C=O) groups excluding carboxylic acids is 1. The summed E-state index contributed by atoms with van der Waals surface area (Å²) in [6.45, 7) is 6.37. The van der Waals surface area contributed by atoms with Gasteiger partial charge in [0.1, 0.15) is 36.1 Å². The number of phenols is 1. The van der Waals surface area contributed by atoms with Gasteiger partial charge in [0.25, 0.3) is 0 Å². The topological polar surface area (TPSA) is 178 Å². The third-order valence-corrected chi connectivity index (χ3v) is 13.8. The molecular weight excluding hydrogens is 859 g/mol. The van der Waals surface area contributed by atoms with Crippen LogP contribution in [0, 0.1) is 29.8 Å². The van der Waals surface area contributed by atoms with Crippen LogP contribution in [0.15, 0.2) is 84.7 Å². The van der Waals surface area contributed by atoms with Gasteiger partial charge in [-0.3, -0.25) is 4.79 Å². The zero-order chi connectivity index (χ0) is 48.3. The van der Waals surface area contributed by atoms with Gasteiger partial charge < -0.3 is 50.2 Å². The fraction of sp³-hybridized carbons (Fsp3) is 0.456. The minimum absolute atomic E-state index is 0.00184. The number of benzene rings is 4. The molecule has 7 N–H and O–H groups in total. The first-order valence-electron chi connectivity index (χ1n) is 24.4. The number of ketones is 1. The Morgan fingerprint density at radius 1 is 0.985 bits per heavy atom. The number of aromatic hydroxyl groups is 1. The highest BCUT2D eigenvalue weighted by atomic mass is 16.5. The van der Waals surface area contributed by atoms with E-state index in [1.54, 1.807) is 26.2 Å². The number of fused-ring (bicyclic) bond motifs is 9. The van der Waals surface area contributed by atoms with Crippen molar-refractivity contribution in [2.45, 2.75) is 128 Å². The van der Waals surface area contributed by atoms with Gasteiger partial charge in [-0.2, -0.15) is 0 Å². The maximum atomic E-state index is 14.0. The van der Waals surface area contributed by atoms with Crippen molar-refractivity contribution >= 4 is 28.3 Å². The molecule has 4 aromatic rings. The predicted octanol–water partition coefficient (Wildman–Crippen LogP) is 10.2. The van der Waals surface area contributed by atoms with Crippen molar-refractivity contribution in [3.8, 4) is 29.3 Å². The summed E-state index contributed by atoms with van der Waals surface area (Å²) in [4.78, 5) is 14.0. The molecule has 7 atom stereocenters. The Kier molecular flexibility index (Phi) is 17.3. The van der Waals surface area contributed by atoms with Gasteiger partial charge in [-0.15, -0.1) is 0 Å². The summed E-state index contributed by atoms with van der Waals surface area (Å²) in [5.41, 5.74) is 6.04. The summed E-state index contributed by atoms with van der Waals surface area (Å²) in [7, 11) is 1.56. The van der Waals surface area contributed by atoms with E-state index in [0.717, 1.165) is 65.4 Å². The number of nitrogens with one attached hydrogen (secondary N) is 1. The van der Waals surface area contributed by atoms with Crippen LogP contribution in [0.5, 0.6) is 17.2 Å². The molecular formula is C57H69NO10. The molecule has 0 saturated heterocycles. The number of hydrogen-bond donors (Lipinski definition) is 7. The summed E-state index contributed by atoms with van der Waals surface area (Å²) < 4.78 is 18.7. The number of Topliss-reactive ketones (excluding diaryl/α,β-unsaturated/α-hetero) is 1. The molecule has 0 aromatic heterocycles. The number of hydrogen-bond acceptors (Lipinski definition) is 11. The summed E-state index contributed by atoms with van der Waals surface area (Å²) in [5, 5.41) is 69.9. The van der Waals surface area contributed by atoms with Crippen LogP contribution < -0.4 is 14.8 Å². The number of methoxy groups -OCH3 is 1. The SMILES string of the molecule is CCCCC[C@H]1C#CO[C@@H](C[C@@H]2C=C(O)C=C[C@H]2C[C@H](CO)CCc2cccc(NC[C@H](C)O)c2)CC(=O)CCc2ccc(OC)c(c2)OCc2c(C(O)O)cc3c1c(O)cc1c3c2C=C[C@H]1C. The number of aliphatic hydroxyl groups excluding tert-OH is 4. The summed E-state index contributed by atoms with van der Waals surface area (Å²) >= 11 is 0. The molecule has 2 aliphatic carbocycles. The van der Waals surface area contributed by atoms with Gasteiger partial charge in [-0.25, -0.2) is 0 Å². The Balaban J connectivity index is 1.24. The van der Waals surface area contributed by atoms with Gasteiger partial charge in [0.2, 0.25) is 0 Å². The van der Waals surface area contributed by atoms with E-state index in [0.29, 0.717) is 60.2 Å². The van der Waals surface area contributed by atoms with Crippen LogP contribution in [0.4, 0.5) is 5.69 Å². The first kappa shape index (κ1) is 50.1. The van der Waals surface area contributed by atoms with Crippen molar-refractivity contribution in [3.63, 3.8) is 0 Å². The molecule has 2 heterocycles. The second-order valence-corrected chi connectivity index (χ2v) is 19.0. The maximum absolute atomic E-state index is 14.0. The zero-order valence-electron chi connectivity index (χ0n) is 39.9. The summed E-state index contributed by atoms with van der Waals surface area (Å²) in [5.74, 6) is 3.65. The van der Waals surface area contributed by atoms with Crippen LogP contribution in [0.2, 0.25) is 0 Å². The Bertz CT molecular complexity index is 2550. The Hall–Kier alpha value is -5.77. The molecule has 0 amide bonds. The van der Waals surface area contributed by atoms with Gasteiger partial charge in [-0.05, 0) is 145 Å². The number of phenolic OH excluding ortho intramolecular Hbond substituents is 1. The predicted molar refractivity (Wildman–Crippen MR) is 267 cm³/mol. The van der Waals surface area contributed by atoms with E-state index in [4.69, 9.17) is 14.2 Å². The Morgan fingerprint density at radius 3 is 2.59 bits per heavy atom. The lowest BCUT2D eigenvalue weighted by atomic mass is 9.77. The van der Waals surface area contributed by atoms with Crippen LogP contribution in [-0.2, 0) is 29.0 Å². The number of aliphatic hydroxyl groups is 5. The van der Waals surface area contributed by atoms with Crippen LogP contribution >= 0.6 is 0 Å². The lowest BCUT2D eigenvalue weighted by Gasteiger charge is -2.30. The summed E-state index contributed by atoms with van der Waals surface area (Å²) in [6.07, 6.45) is 16.2. The number of ether oxygens (including phenoxy) is 3. The van der Waals surface area contributed by atoms with Crippen molar-refractivity contribution in [1.82, 2.24) is 0 Å². The smallest absolute Gasteiger partial charge is 0.178 e. The molecule has 68 heavy (non-hydrogen) atoms. The van der Waals surface area contributed by atoms with E-state index in [-0.39, 0.29) is 72.6 Å². The second kappa shape index (κ2) is 23.5. The zero-order valence-corrected chi connectivity index (χ0v) is 39.9. The number of carbonyl (C=O) groups is 1. The molecule has 0 unspecified atom stereocenters. The number of aryl methyl sites for hydroxylation is 2. The molecule has 0 fully saturated rings. The van der Waals surface area contributed by atoms with Crippen molar-refractivity contribution in [2.24, 2.45) is 17.8 Å². The largest absolute Gasteiger partial charge is 0.508 e. The number of unbranched alkanes of at least 4 members (excludes halogenated alkanes) is 2. The van der Waals surface area contributed by atoms with Gasteiger partial charge in [0.05, 0.1) is 19.1 Å². The van der Waals surface area contributed by atoms with Crippen LogP contribution in [0.25, 0.3) is 16.8 Å². The van der Waals surface area contributed by atoms with E-state index in [1.807, 2.05) is 60.7 Å². The molecule has 2 aliphatic heterocycles. The molecule has 11 nitrogen and oxygen atoms in total. The number of anilines is 1. The summed E-state index contributed by atoms with van der Waals surface area (Å²) in [6, 6.07) is 17.2. The average Bonchev–Trinajstić information content (AvgIpc) is 3.32. The van der Waals surface area contributed by atoms with E-state index < -0.39 is 24.4 Å². The fourth-order valence-electron chi connectivity index (χ4n) is 10.1. The number of rotatable bonds is 17. The quantitative estimate of drug-likeness (QED) is 0.0305. The van der Waals surface area contributed by atoms with Crippen LogP contribution in [0.3, 0.4) is 0 Å². The molecule has 11 heteroatoms. The molecule has 0 spiro atoms. The molecule has 6 bridgehead atoms. The molecule has 4 aliphatic rings. The lowest BCUT2D eigenvalue weighted by molar-refractivity contribution is -0.121. The van der Waals surface area contributed by atoms with Crippen molar-refractivity contribution < 1.29 is 49.6 Å². The lowest BCUT2D eigenvalue weighted by Crippen LogP contribution is -2.26. The maximum Gasteiger partial charge on any atom is 0.178 e. The molecule has 362 valence electrons. The van der Waals surface area contributed by atoms with Crippen molar-refractivity contribution in [3.05, 3.63) is 124 Å². The first-order valence-corrected chi connectivity index (χ1v) is 24.4. The molecule has 4 aromatic carbocycles. The van der Waals surface area contributed by atoms with E-state index >= 15 is 0 Å². The van der Waals surface area contributed by atoms with E-state index in [1.165, 1.54) is 0 Å². The van der Waals surface area contributed by atoms with E-state index in [9.17, 15) is 35.4 Å². The second-order valence-electron chi connectivity index (χ2n) is 19.0. The highest BCUT2D eigenvalue weighted by Gasteiger charge is 2.31. The third-order valence-electron chi connectivity index (χ3n) is 13.8. The van der Waals surface area contributed by atoms with Gasteiger partial charge in [-0.1, -0.05) is 75.5 Å². The standard InChI is InChI=1S/C57H69NO10/c1-5-6-7-10-40-22-23-67-46(28-42-27-44(61)19-17-41(42)24-39(33-59)14-13-37-9-8-11-43(25-37)58-32-36(3)60)29-45(62)18-15-38-16-21-53(66-4)54(26-38)68-34-51-47-20-12-35(2)48-31-52(63)55(40)50(56(47)48)30-49(51)57(64)65/h8-9,11-12,16-17,19-21,25-27,30-31,35-36,39-42,46,57-61,63-65H,5-7,10,13-15,18,24,28-29,32-34H2,1-4H3/t35-,36+,39-,40+,41+,42+,46+/m1/s1. The highest BCUT2D eigenvalue weighted by molar-refractivity contribution is 6.01. The minimum Gasteiger partial charge on any atom is -0.508 e.